The van der Waals surface area contributed by atoms with Gasteiger partial charge in [-0.3, -0.25) is 4.90 Å². The van der Waals surface area contributed by atoms with Gasteiger partial charge in [0.15, 0.2) is 0 Å². The quantitative estimate of drug-likeness (QED) is 0.527. The van der Waals surface area contributed by atoms with Gasteiger partial charge in [-0.1, -0.05) is 47.0 Å². The molecular formula is C20H41NO. The van der Waals surface area contributed by atoms with Crippen molar-refractivity contribution in [2.24, 2.45) is 11.8 Å². The lowest BCUT2D eigenvalue weighted by Crippen LogP contribution is -2.50. The first-order valence-corrected chi connectivity index (χ1v) is 9.85. The van der Waals surface area contributed by atoms with Crippen LogP contribution in [-0.4, -0.2) is 36.2 Å². The molecule has 0 aromatic carbocycles. The van der Waals surface area contributed by atoms with E-state index in [4.69, 9.17) is 4.74 Å². The first-order chi connectivity index (χ1) is 10.5. The molecule has 132 valence electrons. The summed E-state index contributed by atoms with van der Waals surface area (Å²) in [7, 11) is 0. The lowest BCUT2D eigenvalue weighted by molar-refractivity contribution is -0.0412. The Morgan fingerprint density at radius 3 is 2.18 bits per heavy atom. The number of hydrogen-bond donors (Lipinski definition) is 0. The second-order valence-electron chi connectivity index (χ2n) is 7.96. The summed E-state index contributed by atoms with van der Waals surface area (Å²) in [6, 6.07) is 1.34. The first-order valence-electron chi connectivity index (χ1n) is 9.85. The van der Waals surface area contributed by atoms with Crippen LogP contribution in [0.4, 0.5) is 0 Å². The Morgan fingerprint density at radius 1 is 1.05 bits per heavy atom. The highest BCUT2D eigenvalue weighted by atomic mass is 16.5. The van der Waals surface area contributed by atoms with E-state index in [1.165, 1.54) is 51.5 Å². The molecule has 1 aliphatic rings. The molecule has 0 N–H and O–H groups in total. The molecule has 1 rings (SSSR count). The predicted molar refractivity (Wildman–Crippen MR) is 97.4 cm³/mol. The maximum Gasteiger partial charge on any atom is 0.0604 e. The predicted octanol–water partition coefficient (Wildman–Crippen LogP) is 5.51. The highest BCUT2D eigenvalue weighted by Gasteiger charge is 2.32. The zero-order valence-electron chi connectivity index (χ0n) is 16.1. The second-order valence-corrected chi connectivity index (χ2v) is 7.96. The van der Waals surface area contributed by atoms with Crippen LogP contribution >= 0.6 is 0 Å². The minimum Gasteiger partial charge on any atom is -0.378 e. The molecule has 4 atom stereocenters. The molecule has 0 radical (unpaired) electrons. The molecule has 1 aliphatic heterocycles. The van der Waals surface area contributed by atoms with Crippen molar-refractivity contribution in [2.75, 3.05) is 13.2 Å². The Kier molecular flexibility index (Phi) is 9.66. The van der Waals surface area contributed by atoms with Crippen LogP contribution in [-0.2, 0) is 4.74 Å². The zero-order valence-corrected chi connectivity index (χ0v) is 16.1. The molecule has 0 aliphatic carbocycles. The van der Waals surface area contributed by atoms with Gasteiger partial charge < -0.3 is 4.74 Å². The van der Waals surface area contributed by atoms with Crippen molar-refractivity contribution in [1.29, 1.82) is 0 Å². The van der Waals surface area contributed by atoms with E-state index in [0.29, 0.717) is 18.2 Å². The number of nitrogens with zero attached hydrogens (tertiary/aromatic N) is 1. The summed E-state index contributed by atoms with van der Waals surface area (Å²) in [6.07, 6.45) is 9.54. The van der Waals surface area contributed by atoms with Crippen molar-refractivity contribution in [1.82, 2.24) is 4.90 Å². The van der Waals surface area contributed by atoms with Crippen molar-refractivity contribution in [3.63, 3.8) is 0 Å². The average molecular weight is 312 g/mol. The molecular weight excluding hydrogens is 270 g/mol. The van der Waals surface area contributed by atoms with Gasteiger partial charge in [-0.15, -0.1) is 0 Å². The van der Waals surface area contributed by atoms with Gasteiger partial charge in [-0.2, -0.15) is 0 Å². The summed E-state index contributed by atoms with van der Waals surface area (Å²) < 4.78 is 6.15. The molecule has 2 nitrogen and oxygen atoms in total. The minimum atomic E-state index is 0.482. The largest absolute Gasteiger partial charge is 0.378 e. The number of rotatable bonds is 10. The first kappa shape index (κ1) is 20.0. The molecule has 2 heteroatoms. The van der Waals surface area contributed by atoms with E-state index >= 15 is 0 Å². The fraction of sp³-hybridized carbons (Fsp3) is 1.00. The van der Waals surface area contributed by atoms with Gasteiger partial charge in [0.25, 0.3) is 0 Å². The van der Waals surface area contributed by atoms with Crippen molar-refractivity contribution in [3.05, 3.63) is 0 Å². The molecule has 0 saturated carbocycles. The van der Waals surface area contributed by atoms with Crippen molar-refractivity contribution in [3.8, 4) is 0 Å². The van der Waals surface area contributed by atoms with Crippen LogP contribution in [0.3, 0.4) is 0 Å². The van der Waals surface area contributed by atoms with Crippen molar-refractivity contribution in [2.45, 2.75) is 105 Å². The Labute approximate surface area is 140 Å². The average Bonchev–Trinajstić information content (AvgIpc) is 2.45. The minimum absolute atomic E-state index is 0.482. The van der Waals surface area contributed by atoms with Gasteiger partial charge in [0.1, 0.15) is 0 Å². The zero-order chi connectivity index (χ0) is 16.5. The molecule has 0 spiro atoms. The normalized spacial score (nSPS) is 28.2. The van der Waals surface area contributed by atoms with Crippen LogP contribution in [0.25, 0.3) is 0 Å². The summed E-state index contributed by atoms with van der Waals surface area (Å²) in [5.74, 6) is 1.63. The van der Waals surface area contributed by atoms with E-state index in [2.05, 4.69) is 46.4 Å². The number of hydrogen-bond acceptors (Lipinski definition) is 2. The number of unbranched alkanes of at least 4 members (excludes halogenated alkanes) is 1. The Hall–Kier alpha value is -0.0800. The fourth-order valence-electron chi connectivity index (χ4n) is 3.74. The number of ether oxygens (including phenoxy) is 1. The molecule has 0 bridgehead atoms. The molecule has 1 heterocycles. The van der Waals surface area contributed by atoms with E-state index < -0.39 is 0 Å². The van der Waals surface area contributed by atoms with E-state index in [9.17, 15) is 0 Å². The Bertz CT molecular complexity index is 267. The lowest BCUT2D eigenvalue weighted by Gasteiger charge is -2.44. The summed E-state index contributed by atoms with van der Waals surface area (Å²) >= 11 is 0. The van der Waals surface area contributed by atoms with Crippen LogP contribution in [0.5, 0.6) is 0 Å². The third-order valence-corrected chi connectivity index (χ3v) is 5.40. The standard InChI is InChI=1S/C20H41NO/c1-7-9-10-19(8-2)15-21-17(5)13-20(14-18(21)6)22-12-11-16(3)4/h16-20H,7-15H2,1-6H3/t17-,18+,19?,20?. The highest BCUT2D eigenvalue weighted by Crippen LogP contribution is 2.28. The van der Waals surface area contributed by atoms with Gasteiger partial charge in [-0.25, -0.2) is 0 Å². The van der Waals surface area contributed by atoms with Gasteiger partial charge in [-0.05, 0) is 51.4 Å². The maximum atomic E-state index is 6.15. The van der Waals surface area contributed by atoms with E-state index in [1.54, 1.807) is 0 Å². The topological polar surface area (TPSA) is 12.5 Å². The smallest absolute Gasteiger partial charge is 0.0604 e. The Morgan fingerprint density at radius 2 is 1.68 bits per heavy atom. The van der Waals surface area contributed by atoms with E-state index in [-0.39, 0.29) is 0 Å². The molecule has 0 aromatic rings. The Balaban J connectivity index is 2.41. The fourth-order valence-corrected chi connectivity index (χ4v) is 3.74. The van der Waals surface area contributed by atoms with Crippen LogP contribution in [0.1, 0.15) is 86.5 Å². The van der Waals surface area contributed by atoms with Crippen LogP contribution in [0.2, 0.25) is 0 Å². The second kappa shape index (κ2) is 10.6. The SMILES string of the molecule is CCCCC(CC)CN1[C@H](C)CC(OCCC(C)C)C[C@@H]1C. The van der Waals surface area contributed by atoms with Crippen LogP contribution in [0, 0.1) is 11.8 Å². The van der Waals surface area contributed by atoms with Gasteiger partial charge in [0, 0.05) is 25.2 Å². The summed E-state index contributed by atoms with van der Waals surface area (Å²) in [4.78, 5) is 2.76. The van der Waals surface area contributed by atoms with Crippen molar-refractivity contribution >= 4 is 0 Å². The van der Waals surface area contributed by atoms with Gasteiger partial charge >= 0.3 is 0 Å². The monoisotopic (exact) mass is 311 g/mol. The van der Waals surface area contributed by atoms with Crippen LogP contribution in [0.15, 0.2) is 0 Å². The summed E-state index contributed by atoms with van der Waals surface area (Å²) in [6.45, 7) is 16.3. The molecule has 0 amide bonds. The summed E-state index contributed by atoms with van der Waals surface area (Å²) in [5.41, 5.74) is 0. The third kappa shape index (κ3) is 7.00. The lowest BCUT2D eigenvalue weighted by atomic mass is 9.91. The summed E-state index contributed by atoms with van der Waals surface area (Å²) in [5, 5.41) is 0. The van der Waals surface area contributed by atoms with Crippen molar-refractivity contribution < 1.29 is 4.74 Å². The van der Waals surface area contributed by atoms with Gasteiger partial charge in [0.05, 0.1) is 6.10 Å². The molecule has 0 aromatic heterocycles. The number of piperidine rings is 1. The molecule has 2 unspecified atom stereocenters. The van der Waals surface area contributed by atoms with E-state index in [1.807, 2.05) is 0 Å². The molecule has 1 fully saturated rings. The molecule has 22 heavy (non-hydrogen) atoms. The van der Waals surface area contributed by atoms with Gasteiger partial charge in [0.2, 0.25) is 0 Å². The third-order valence-electron chi connectivity index (χ3n) is 5.40. The highest BCUT2D eigenvalue weighted by molar-refractivity contribution is 4.86. The maximum absolute atomic E-state index is 6.15. The number of likely N-dealkylation sites (tertiary alicyclic amines) is 1. The molecule has 1 saturated heterocycles. The van der Waals surface area contributed by atoms with Crippen LogP contribution < -0.4 is 0 Å². The van der Waals surface area contributed by atoms with E-state index in [0.717, 1.165) is 18.4 Å².